The van der Waals surface area contributed by atoms with Crippen LogP contribution in [0, 0.1) is 5.82 Å². The topological polar surface area (TPSA) is 34.1 Å². The molecule has 1 saturated carbocycles. The van der Waals surface area contributed by atoms with E-state index >= 15 is 0 Å². The molecular weight excluding hydrogens is 267 g/mol. The normalized spacial score (nSPS) is 15.7. The molecule has 0 amide bonds. The van der Waals surface area contributed by atoms with Crippen LogP contribution in [0.2, 0.25) is 0 Å². The summed E-state index contributed by atoms with van der Waals surface area (Å²) in [5.41, 5.74) is 1.63. The van der Waals surface area contributed by atoms with Crippen molar-refractivity contribution in [3.8, 4) is 5.75 Å². The monoisotopic (exact) mass is 286 g/mol. The van der Waals surface area contributed by atoms with E-state index in [4.69, 9.17) is 4.74 Å². The highest BCUT2D eigenvalue weighted by molar-refractivity contribution is 5.35. The maximum absolute atomic E-state index is 14.0. The van der Waals surface area contributed by atoms with Crippen LogP contribution in [0.15, 0.2) is 42.7 Å². The van der Waals surface area contributed by atoms with Crippen LogP contribution >= 0.6 is 0 Å². The Kier molecular flexibility index (Phi) is 4.15. The van der Waals surface area contributed by atoms with Crippen molar-refractivity contribution >= 4 is 0 Å². The van der Waals surface area contributed by atoms with Crippen LogP contribution in [0.4, 0.5) is 4.39 Å². The molecular formula is C17H19FN2O. The van der Waals surface area contributed by atoms with Crippen molar-refractivity contribution in [3.63, 3.8) is 0 Å². The molecule has 1 N–H and O–H groups in total. The second-order valence-electron chi connectivity index (χ2n) is 5.27. The molecule has 0 bridgehead atoms. The van der Waals surface area contributed by atoms with Crippen molar-refractivity contribution in [2.75, 3.05) is 6.54 Å². The summed E-state index contributed by atoms with van der Waals surface area (Å²) in [5.74, 6) is 0.591. The Bertz CT molecular complexity index is 596. The van der Waals surface area contributed by atoms with E-state index in [9.17, 15) is 4.39 Å². The minimum Gasteiger partial charge on any atom is -0.490 e. The van der Waals surface area contributed by atoms with E-state index in [1.807, 2.05) is 31.2 Å². The van der Waals surface area contributed by atoms with Crippen molar-refractivity contribution in [2.24, 2.45) is 0 Å². The predicted octanol–water partition coefficient (Wildman–Crippen LogP) is 3.46. The number of rotatable bonds is 6. The van der Waals surface area contributed by atoms with Crippen LogP contribution in [0.25, 0.3) is 0 Å². The minimum atomic E-state index is -0.290. The summed E-state index contributed by atoms with van der Waals surface area (Å²) in [4.78, 5) is 3.81. The molecule has 0 radical (unpaired) electrons. The third kappa shape index (κ3) is 3.39. The number of aromatic nitrogens is 1. The highest BCUT2D eigenvalue weighted by Gasteiger charge is 2.23. The molecule has 110 valence electrons. The molecule has 4 heteroatoms. The zero-order valence-corrected chi connectivity index (χ0v) is 12.1. The highest BCUT2D eigenvalue weighted by atomic mass is 19.1. The van der Waals surface area contributed by atoms with Gasteiger partial charge < -0.3 is 10.1 Å². The average Bonchev–Trinajstić information content (AvgIpc) is 3.31. The Morgan fingerprint density at radius 2 is 2.05 bits per heavy atom. The maximum atomic E-state index is 14.0. The zero-order valence-electron chi connectivity index (χ0n) is 12.1. The van der Waals surface area contributed by atoms with Gasteiger partial charge >= 0.3 is 0 Å². The van der Waals surface area contributed by atoms with Gasteiger partial charge in [0.1, 0.15) is 11.6 Å². The van der Waals surface area contributed by atoms with Gasteiger partial charge in [0.25, 0.3) is 0 Å². The molecule has 1 heterocycles. The summed E-state index contributed by atoms with van der Waals surface area (Å²) in [6, 6.07) is 9.44. The third-order valence-electron chi connectivity index (χ3n) is 3.56. The van der Waals surface area contributed by atoms with Crippen LogP contribution in [0.3, 0.4) is 0 Å². The SMILES string of the molecule is CCNC(c1ccc(OC2CC2)cc1)c1ccncc1F. The van der Waals surface area contributed by atoms with E-state index in [1.54, 1.807) is 12.3 Å². The lowest BCUT2D eigenvalue weighted by molar-refractivity contribution is 0.303. The van der Waals surface area contributed by atoms with Crippen molar-refractivity contribution in [2.45, 2.75) is 31.9 Å². The van der Waals surface area contributed by atoms with Gasteiger partial charge in [0, 0.05) is 11.8 Å². The fraction of sp³-hybridized carbons (Fsp3) is 0.353. The molecule has 21 heavy (non-hydrogen) atoms. The number of halogens is 1. The van der Waals surface area contributed by atoms with Crippen LogP contribution in [0.1, 0.15) is 36.9 Å². The molecule has 2 aromatic rings. The van der Waals surface area contributed by atoms with Gasteiger partial charge in [-0.25, -0.2) is 4.39 Å². The second-order valence-corrected chi connectivity index (χ2v) is 5.27. The lowest BCUT2D eigenvalue weighted by Gasteiger charge is -2.19. The summed E-state index contributed by atoms with van der Waals surface area (Å²) in [6.07, 6.45) is 5.55. The van der Waals surface area contributed by atoms with Crippen molar-refractivity contribution < 1.29 is 9.13 Å². The number of hydrogen-bond acceptors (Lipinski definition) is 3. The predicted molar refractivity (Wildman–Crippen MR) is 79.8 cm³/mol. The zero-order chi connectivity index (χ0) is 14.7. The summed E-state index contributed by atoms with van der Waals surface area (Å²) in [6.45, 7) is 2.77. The molecule has 0 saturated heterocycles. The van der Waals surface area contributed by atoms with Crippen molar-refractivity contribution in [3.05, 3.63) is 59.7 Å². The molecule has 1 aliphatic rings. The van der Waals surface area contributed by atoms with Crippen LogP contribution < -0.4 is 10.1 Å². The molecule has 1 aromatic carbocycles. The summed E-state index contributed by atoms with van der Waals surface area (Å²) >= 11 is 0. The number of nitrogens with zero attached hydrogens (tertiary/aromatic N) is 1. The fourth-order valence-corrected chi connectivity index (χ4v) is 2.35. The van der Waals surface area contributed by atoms with Gasteiger partial charge in [-0.3, -0.25) is 4.98 Å². The smallest absolute Gasteiger partial charge is 0.146 e. The Hall–Kier alpha value is -1.94. The van der Waals surface area contributed by atoms with Crippen LogP contribution in [-0.2, 0) is 0 Å². The Morgan fingerprint density at radius 1 is 1.29 bits per heavy atom. The van der Waals surface area contributed by atoms with Gasteiger partial charge in [0.2, 0.25) is 0 Å². The summed E-state index contributed by atoms with van der Waals surface area (Å²) in [5, 5.41) is 3.32. The van der Waals surface area contributed by atoms with E-state index in [0.29, 0.717) is 11.7 Å². The quantitative estimate of drug-likeness (QED) is 0.883. The van der Waals surface area contributed by atoms with Gasteiger partial charge in [-0.2, -0.15) is 0 Å². The molecule has 3 rings (SSSR count). The van der Waals surface area contributed by atoms with E-state index in [2.05, 4.69) is 10.3 Å². The average molecular weight is 286 g/mol. The lowest BCUT2D eigenvalue weighted by atomic mass is 9.99. The van der Waals surface area contributed by atoms with E-state index < -0.39 is 0 Å². The van der Waals surface area contributed by atoms with Crippen molar-refractivity contribution in [1.29, 1.82) is 0 Å². The number of nitrogens with one attached hydrogen (secondary N) is 1. The van der Waals surface area contributed by atoms with Gasteiger partial charge in [0.05, 0.1) is 18.3 Å². The summed E-state index contributed by atoms with van der Waals surface area (Å²) < 4.78 is 19.7. The number of pyridine rings is 1. The van der Waals surface area contributed by atoms with Gasteiger partial charge in [0.15, 0.2) is 0 Å². The van der Waals surface area contributed by atoms with Crippen LogP contribution in [-0.4, -0.2) is 17.6 Å². The number of ether oxygens (including phenoxy) is 1. The molecule has 0 aliphatic heterocycles. The number of hydrogen-bond donors (Lipinski definition) is 1. The number of benzene rings is 1. The molecule has 1 aromatic heterocycles. The molecule has 1 aliphatic carbocycles. The van der Waals surface area contributed by atoms with Crippen molar-refractivity contribution in [1.82, 2.24) is 10.3 Å². The van der Waals surface area contributed by atoms with Gasteiger partial charge in [-0.05, 0) is 43.1 Å². The molecule has 1 unspecified atom stereocenters. The Morgan fingerprint density at radius 3 is 2.67 bits per heavy atom. The molecule has 3 nitrogen and oxygen atoms in total. The first kappa shape index (κ1) is 14.0. The third-order valence-corrected chi connectivity index (χ3v) is 3.56. The highest BCUT2D eigenvalue weighted by Crippen LogP contribution is 2.29. The lowest BCUT2D eigenvalue weighted by Crippen LogP contribution is -2.23. The first-order valence-electron chi connectivity index (χ1n) is 7.37. The standard InChI is InChI=1S/C17H19FN2O/c1-2-20-17(15-9-10-19-11-16(15)18)12-3-5-13(6-4-12)21-14-7-8-14/h3-6,9-11,14,17,20H,2,7-8H2,1H3. The fourth-order valence-electron chi connectivity index (χ4n) is 2.35. The van der Waals surface area contributed by atoms with Gasteiger partial charge in [-0.15, -0.1) is 0 Å². The van der Waals surface area contributed by atoms with Gasteiger partial charge in [-0.1, -0.05) is 19.1 Å². The first-order valence-corrected chi connectivity index (χ1v) is 7.37. The Labute approximate surface area is 124 Å². The van der Waals surface area contributed by atoms with E-state index in [1.165, 1.54) is 6.20 Å². The first-order chi connectivity index (χ1) is 10.3. The van der Waals surface area contributed by atoms with E-state index in [-0.39, 0.29) is 11.9 Å². The molecule has 1 atom stereocenters. The Balaban J connectivity index is 1.84. The minimum absolute atomic E-state index is 0.173. The maximum Gasteiger partial charge on any atom is 0.146 e. The van der Waals surface area contributed by atoms with E-state index in [0.717, 1.165) is 30.7 Å². The van der Waals surface area contributed by atoms with Crippen LogP contribution in [0.5, 0.6) is 5.75 Å². The second kappa shape index (κ2) is 6.22. The molecule has 0 spiro atoms. The molecule has 1 fully saturated rings. The largest absolute Gasteiger partial charge is 0.490 e. The summed E-state index contributed by atoms with van der Waals surface area (Å²) in [7, 11) is 0.